The van der Waals surface area contributed by atoms with Gasteiger partial charge in [-0.05, 0) is 35.7 Å². The van der Waals surface area contributed by atoms with Gasteiger partial charge in [0.15, 0.2) is 0 Å². The second kappa shape index (κ2) is 7.63. The van der Waals surface area contributed by atoms with Crippen molar-refractivity contribution in [3.8, 4) is 5.69 Å². The number of benzene rings is 1. The normalized spacial score (nSPS) is 11.7. The van der Waals surface area contributed by atoms with E-state index in [9.17, 15) is 9.59 Å². The van der Waals surface area contributed by atoms with Crippen LogP contribution in [0.2, 0.25) is 0 Å². The van der Waals surface area contributed by atoms with Crippen molar-refractivity contribution in [2.75, 3.05) is 5.32 Å². The quantitative estimate of drug-likeness (QED) is 0.633. The van der Waals surface area contributed by atoms with Crippen molar-refractivity contribution in [2.24, 2.45) is 5.73 Å². The molecule has 0 saturated heterocycles. The molecule has 7 nitrogen and oxygen atoms in total. The molecule has 8 heteroatoms. The highest BCUT2D eigenvalue weighted by atomic mass is 32.1. The molecule has 3 rings (SSSR count). The van der Waals surface area contributed by atoms with Crippen LogP contribution in [0, 0.1) is 0 Å². The summed E-state index contributed by atoms with van der Waals surface area (Å²) in [5, 5.41) is 11.5. The summed E-state index contributed by atoms with van der Waals surface area (Å²) in [6.07, 6.45) is 3.60. The fraction of sp³-hybridized carbons (Fsp3) is 0.118. The van der Waals surface area contributed by atoms with E-state index in [2.05, 4.69) is 15.7 Å². The number of amides is 3. The van der Waals surface area contributed by atoms with Gasteiger partial charge in [-0.2, -0.15) is 5.10 Å². The Hall–Kier alpha value is -3.13. The summed E-state index contributed by atoms with van der Waals surface area (Å²) in [6.45, 7) is 0. The highest BCUT2D eigenvalue weighted by Crippen LogP contribution is 2.23. The second-order valence-electron chi connectivity index (χ2n) is 5.33. The van der Waals surface area contributed by atoms with E-state index in [1.54, 1.807) is 16.9 Å². The monoisotopic (exact) mass is 355 g/mol. The Bertz CT molecular complexity index is 846. The van der Waals surface area contributed by atoms with Crippen molar-refractivity contribution in [1.82, 2.24) is 15.1 Å². The Morgan fingerprint density at radius 2 is 2.12 bits per heavy atom. The Kier molecular flexibility index (Phi) is 5.10. The van der Waals surface area contributed by atoms with Crippen LogP contribution in [0.25, 0.3) is 5.69 Å². The molecule has 1 atom stereocenters. The zero-order valence-electron chi connectivity index (χ0n) is 13.3. The van der Waals surface area contributed by atoms with Crippen molar-refractivity contribution in [3.05, 3.63) is 65.1 Å². The number of urea groups is 1. The maximum Gasteiger partial charge on any atom is 0.312 e. The summed E-state index contributed by atoms with van der Waals surface area (Å²) in [5.41, 5.74) is 6.71. The number of hydrogen-bond donors (Lipinski definition) is 3. The van der Waals surface area contributed by atoms with Crippen LogP contribution < -0.4 is 16.4 Å². The fourth-order valence-corrected chi connectivity index (χ4v) is 3.21. The zero-order valence-corrected chi connectivity index (χ0v) is 14.1. The molecule has 4 N–H and O–H groups in total. The fourth-order valence-electron chi connectivity index (χ4n) is 2.43. The first-order valence-electron chi connectivity index (χ1n) is 7.61. The van der Waals surface area contributed by atoms with Crippen LogP contribution in [0.4, 0.5) is 10.5 Å². The Morgan fingerprint density at radius 1 is 1.24 bits per heavy atom. The van der Waals surface area contributed by atoms with Gasteiger partial charge in [-0.15, -0.1) is 11.3 Å². The molecule has 128 valence electrons. The summed E-state index contributed by atoms with van der Waals surface area (Å²) >= 11 is 1.46. The van der Waals surface area contributed by atoms with Gasteiger partial charge in [-0.1, -0.05) is 12.1 Å². The number of thiophene rings is 1. The zero-order chi connectivity index (χ0) is 17.6. The Labute approximate surface area is 148 Å². The number of nitrogens with one attached hydrogen (secondary N) is 2. The molecule has 2 aromatic heterocycles. The maximum atomic E-state index is 12.4. The van der Waals surface area contributed by atoms with Crippen LogP contribution in [-0.4, -0.2) is 21.7 Å². The molecule has 2 heterocycles. The number of rotatable bonds is 6. The highest BCUT2D eigenvalue weighted by Gasteiger charge is 2.18. The SMILES string of the molecule is NC(=O)N[C@@H](CC(=O)Nc1cccc(-n2cccn2)c1)c1cccs1. The predicted octanol–water partition coefficient (Wildman–Crippen LogP) is 2.67. The molecular formula is C17H17N5O2S. The summed E-state index contributed by atoms with van der Waals surface area (Å²) in [6, 6.07) is 11.8. The van der Waals surface area contributed by atoms with E-state index in [0.717, 1.165) is 10.6 Å². The van der Waals surface area contributed by atoms with E-state index in [1.807, 2.05) is 48.0 Å². The molecule has 0 spiro atoms. The van der Waals surface area contributed by atoms with Gasteiger partial charge < -0.3 is 16.4 Å². The van der Waals surface area contributed by atoms with Gasteiger partial charge in [-0.25, -0.2) is 9.48 Å². The minimum atomic E-state index is -0.660. The second-order valence-corrected chi connectivity index (χ2v) is 6.31. The number of nitrogens with zero attached hydrogens (tertiary/aromatic N) is 2. The molecule has 0 aliphatic heterocycles. The van der Waals surface area contributed by atoms with Gasteiger partial charge in [0, 0.05) is 23.0 Å². The van der Waals surface area contributed by atoms with E-state index in [0.29, 0.717) is 5.69 Å². The van der Waals surface area contributed by atoms with Crippen LogP contribution in [0.15, 0.2) is 60.2 Å². The van der Waals surface area contributed by atoms with Gasteiger partial charge in [0.05, 0.1) is 18.2 Å². The standard InChI is InChI=1S/C17H17N5O2S/c18-17(24)21-14(15-6-2-9-25-15)11-16(23)20-12-4-1-5-13(10-12)22-8-3-7-19-22/h1-10,14H,11H2,(H,20,23)(H3,18,21,24)/t14-/m0/s1. The topological polar surface area (TPSA) is 102 Å². The van der Waals surface area contributed by atoms with E-state index < -0.39 is 12.1 Å². The lowest BCUT2D eigenvalue weighted by Crippen LogP contribution is -2.34. The minimum Gasteiger partial charge on any atom is -0.352 e. The number of nitrogens with two attached hydrogens (primary N) is 1. The van der Waals surface area contributed by atoms with Crippen LogP contribution >= 0.6 is 11.3 Å². The molecule has 0 radical (unpaired) electrons. The molecule has 25 heavy (non-hydrogen) atoms. The third-order valence-electron chi connectivity index (χ3n) is 3.49. The predicted molar refractivity (Wildman–Crippen MR) is 96.6 cm³/mol. The van der Waals surface area contributed by atoms with E-state index >= 15 is 0 Å². The lowest BCUT2D eigenvalue weighted by atomic mass is 10.1. The van der Waals surface area contributed by atoms with Crippen molar-refractivity contribution < 1.29 is 9.59 Å². The van der Waals surface area contributed by atoms with Crippen LogP contribution in [0.1, 0.15) is 17.3 Å². The Balaban J connectivity index is 1.69. The van der Waals surface area contributed by atoms with Gasteiger partial charge in [-0.3, -0.25) is 4.79 Å². The third kappa shape index (κ3) is 4.45. The molecule has 0 aliphatic carbocycles. The molecule has 0 saturated carbocycles. The van der Waals surface area contributed by atoms with Gasteiger partial charge in [0.2, 0.25) is 5.91 Å². The molecule has 0 fully saturated rings. The number of primary amides is 1. The first kappa shape index (κ1) is 16.7. The van der Waals surface area contributed by atoms with Gasteiger partial charge in [0.25, 0.3) is 0 Å². The van der Waals surface area contributed by atoms with Crippen LogP contribution in [-0.2, 0) is 4.79 Å². The molecule has 0 bridgehead atoms. The number of anilines is 1. The first-order chi connectivity index (χ1) is 12.1. The first-order valence-corrected chi connectivity index (χ1v) is 8.49. The van der Waals surface area contributed by atoms with E-state index in [-0.39, 0.29) is 12.3 Å². The summed E-state index contributed by atoms with van der Waals surface area (Å²) in [5.74, 6) is -0.218. The van der Waals surface area contributed by atoms with E-state index in [4.69, 9.17) is 5.73 Å². The smallest absolute Gasteiger partial charge is 0.312 e. The number of aromatic nitrogens is 2. The van der Waals surface area contributed by atoms with Gasteiger partial charge >= 0.3 is 6.03 Å². The third-order valence-corrected chi connectivity index (χ3v) is 4.48. The van der Waals surface area contributed by atoms with Crippen molar-refractivity contribution in [2.45, 2.75) is 12.5 Å². The van der Waals surface area contributed by atoms with E-state index in [1.165, 1.54) is 11.3 Å². The Morgan fingerprint density at radius 3 is 2.80 bits per heavy atom. The van der Waals surface area contributed by atoms with Gasteiger partial charge in [0.1, 0.15) is 0 Å². The lowest BCUT2D eigenvalue weighted by molar-refractivity contribution is -0.116. The largest absolute Gasteiger partial charge is 0.352 e. The van der Waals surface area contributed by atoms with Crippen molar-refractivity contribution in [1.29, 1.82) is 0 Å². The number of carbonyl (C=O) groups is 2. The summed E-state index contributed by atoms with van der Waals surface area (Å²) in [4.78, 5) is 24.4. The summed E-state index contributed by atoms with van der Waals surface area (Å²) in [7, 11) is 0. The molecule has 3 aromatic rings. The molecule has 1 aromatic carbocycles. The summed E-state index contributed by atoms with van der Waals surface area (Å²) < 4.78 is 1.71. The average molecular weight is 355 g/mol. The van der Waals surface area contributed by atoms with Crippen molar-refractivity contribution in [3.63, 3.8) is 0 Å². The molecule has 3 amide bonds. The lowest BCUT2D eigenvalue weighted by Gasteiger charge is -2.16. The average Bonchev–Trinajstić information content (AvgIpc) is 3.28. The molecule has 0 aliphatic rings. The van der Waals surface area contributed by atoms with Crippen LogP contribution in [0.3, 0.4) is 0 Å². The minimum absolute atomic E-state index is 0.0927. The molecule has 0 unspecified atom stereocenters. The maximum absolute atomic E-state index is 12.4. The van der Waals surface area contributed by atoms with Crippen LogP contribution in [0.5, 0.6) is 0 Å². The number of hydrogen-bond acceptors (Lipinski definition) is 4. The van der Waals surface area contributed by atoms with Crippen molar-refractivity contribution >= 4 is 29.0 Å². The number of carbonyl (C=O) groups excluding carboxylic acids is 2. The highest BCUT2D eigenvalue weighted by molar-refractivity contribution is 7.10. The molecular weight excluding hydrogens is 338 g/mol.